The van der Waals surface area contributed by atoms with E-state index in [0.717, 1.165) is 79.0 Å². The van der Waals surface area contributed by atoms with Crippen molar-refractivity contribution >= 4 is 57.4 Å². The summed E-state index contributed by atoms with van der Waals surface area (Å²) in [6.45, 7) is 2.34. The third kappa shape index (κ3) is 12.2. The van der Waals surface area contributed by atoms with Crippen LogP contribution in [0.4, 0.5) is 21.5 Å². The molecule has 0 bridgehead atoms. The third-order valence-corrected chi connectivity index (χ3v) is 12.6. The Hall–Kier alpha value is -6.80. The molecule has 1 unspecified atom stereocenters. The topological polar surface area (TPSA) is 158 Å². The molecule has 0 saturated carbocycles. The van der Waals surface area contributed by atoms with Crippen molar-refractivity contribution in [2.24, 2.45) is 0 Å². The molecule has 2 aliphatic heterocycles. The Kier molecular flexibility index (Phi) is 16.6. The number of piperidine rings is 1. The number of hydrogen-bond donors (Lipinski definition) is 4. The Labute approximate surface area is 391 Å². The van der Waals surface area contributed by atoms with Crippen molar-refractivity contribution in [2.45, 2.75) is 96.2 Å². The van der Waals surface area contributed by atoms with E-state index in [-0.39, 0.29) is 42.2 Å². The lowest BCUT2D eigenvalue weighted by molar-refractivity contribution is -0.134. The van der Waals surface area contributed by atoms with Crippen LogP contribution in [0.5, 0.6) is 11.5 Å². The van der Waals surface area contributed by atoms with Gasteiger partial charge in [-0.05, 0) is 96.9 Å². The number of rotatable bonds is 24. The molecule has 7 rings (SSSR count). The van der Waals surface area contributed by atoms with Gasteiger partial charge in [-0.25, -0.2) is 4.39 Å². The number of benzene rings is 5. The molecule has 2 aliphatic rings. The number of carbonyl (C=O) groups excluding carboxylic acids is 5. The molecule has 0 radical (unpaired) electrons. The number of nitrogens with one attached hydrogen (secondary N) is 4. The van der Waals surface area contributed by atoms with E-state index in [9.17, 15) is 24.0 Å². The van der Waals surface area contributed by atoms with Gasteiger partial charge >= 0.3 is 0 Å². The maximum Gasteiger partial charge on any atom is 0.259 e. The minimum absolute atomic E-state index is 0.0137. The van der Waals surface area contributed by atoms with E-state index in [1.807, 2.05) is 73.8 Å². The molecule has 14 heteroatoms. The minimum atomic E-state index is -0.740. The maximum atomic E-state index is 15.6. The van der Waals surface area contributed by atoms with Gasteiger partial charge in [-0.1, -0.05) is 81.0 Å². The van der Waals surface area contributed by atoms with Crippen LogP contribution in [0.15, 0.2) is 91.0 Å². The van der Waals surface area contributed by atoms with E-state index in [2.05, 4.69) is 26.2 Å². The molecular formula is C53H61FN6O7. The maximum absolute atomic E-state index is 15.6. The Morgan fingerprint density at radius 3 is 2.19 bits per heavy atom. The lowest BCUT2D eigenvalue weighted by Crippen LogP contribution is -2.53. The van der Waals surface area contributed by atoms with Crippen molar-refractivity contribution in [2.75, 3.05) is 44.6 Å². The average molecular weight is 913 g/mol. The summed E-state index contributed by atoms with van der Waals surface area (Å²) in [6.07, 6.45) is 9.44. The van der Waals surface area contributed by atoms with Gasteiger partial charge in [0.1, 0.15) is 11.8 Å². The van der Waals surface area contributed by atoms with Crippen LogP contribution in [-0.4, -0.2) is 74.8 Å². The van der Waals surface area contributed by atoms with Gasteiger partial charge in [0, 0.05) is 67.6 Å². The fraction of sp³-hybridized carbons (Fsp3) is 0.377. The van der Waals surface area contributed by atoms with E-state index in [0.29, 0.717) is 72.8 Å². The zero-order valence-corrected chi connectivity index (χ0v) is 38.7. The van der Waals surface area contributed by atoms with Crippen molar-refractivity contribution in [3.63, 3.8) is 0 Å². The molecule has 0 spiro atoms. The van der Waals surface area contributed by atoms with Gasteiger partial charge < -0.3 is 30.3 Å². The number of nitrogens with zero attached hydrogens (tertiary/aromatic N) is 2. The Bertz CT molecular complexity index is 2580. The van der Waals surface area contributed by atoms with E-state index in [1.54, 1.807) is 31.4 Å². The summed E-state index contributed by atoms with van der Waals surface area (Å²) >= 11 is 0. The number of halogens is 1. The highest BCUT2D eigenvalue weighted by atomic mass is 19.1. The lowest BCUT2D eigenvalue weighted by atomic mass is 10.00. The fourth-order valence-electron chi connectivity index (χ4n) is 8.95. The monoisotopic (exact) mass is 912 g/mol. The molecule has 5 aromatic rings. The van der Waals surface area contributed by atoms with Crippen LogP contribution in [0.3, 0.4) is 0 Å². The van der Waals surface area contributed by atoms with E-state index >= 15 is 4.39 Å². The number of methoxy groups -OCH3 is 2. The van der Waals surface area contributed by atoms with Crippen LogP contribution in [0.1, 0.15) is 98.5 Å². The molecule has 0 aromatic heterocycles. The SMILES string of the molecule is COc1cccc(-c2ccc(Nc3ccc(CN(C)CCNC(=O)CCCCCCCCCCC(=O)NCc4ccc5c6c(cccc46)C(=O)N5C4CCC(=O)NC4=O)cc3)c(OC)c2F)c1. The number of unbranched alkanes of at least 4 members (excludes halogenated alkanes) is 7. The van der Waals surface area contributed by atoms with Gasteiger partial charge in [0.25, 0.3) is 5.91 Å². The van der Waals surface area contributed by atoms with Crippen LogP contribution in [-0.2, 0) is 32.3 Å². The van der Waals surface area contributed by atoms with Crippen molar-refractivity contribution in [1.82, 2.24) is 20.9 Å². The standard InChI is InChI=1S/C53H61FN6O7/c1-59(34-35-20-23-38(24-21-35)57-43-26-25-41(50(54)51(43)67-3)36-14-12-15-39(32-36)66-2)31-30-55-46(61)18-10-8-6-4-5-7-9-11-19-47(62)56-33-37-22-27-44-49-40(37)16-13-17-42(49)53(65)60(44)45-28-29-48(63)58-52(45)64/h12-17,20-27,32,45,57H,4-11,18-19,28-31,33-34H2,1-3H3,(H,55,61)(H,56,62)(H,58,63,64). The van der Waals surface area contributed by atoms with Crippen LogP contribution in [0, 0.1) is 5.82 Å². The molecule has 2 heterocycles. The van der Waals surface area contributed by atoms with Crippen molar-refractivity contribution < 1.29 is 37.8 Å². The quantitative estimate of drug-likeness (QED) is 0.0351. The Morgan fingerprint density at radius 2 is 1.49 bits per heavy atom. The predicted molar refractivity (Wildman–Crippen MR) is 259 cm³/mol. The normalized spacial score (nSPS) is 14.4. The number of imide groups is 1. The fourth-order valence-corrected chi connectivity index (χ4v) is 8.95. The molecular weight excluding hydrogens is 852 g/mol. The zero-order chi connectivity index (χ0) is 47.3. The van der Waals surface area contributed by atoms with Crippen molar-refractivity contribution in [3.05, 3.63) is 114 Å². The van der Waals surface area contributed by atoms with Crippen LogP contribution in [0.2, 0.25) is 0 Å². The summed E-state index contributed by atoms with van der Waals surface area (Å²) in [4.78, 5) is 66.6. The number of amides is 5. The largest absolute Gasteiger partial charge is 0.497 e. The molecule has 0 aliphatic carbocycles. The van der Waals surface area contributed by atoms with Crippen molar-refractivity contribution in [3.8, 4) is 22.6 Å². The van der Waals surface area contributed by atoms with Gasteiger partial charge in [-0.15, -0.1) is 0 Å². The number of anilines is 3. The van der Waals surface area contributed by atoms with Gasteiger partial charge in [-0.3, -0.25) is 34.2 Å². The first-order chi connectivity index (χ1) is 32.5. The first kappa shape index (κ1) is 48.1. The molecule has 67 heavy (non-hydrogen) atoms. The lowest BCUT2D eigenvalue weighted by Gasteiger charge is -2.30. The third-order valence-electron chi connectivity index (χ3n) is 12.6. The number of ether oxygens (including phenoxy) is 2. The highest BCUT2D eigenvalue weighted by Crippen LogP contribution is 2.41. The smallest absolute Gasteiger partial charge is 0.259 e. The minimum Gasteiger partial charge on any atom is -0.497 e. The summed E-state index contributed by atoms with van der Waals surface area (Å²) in [5.74, 6) is -0.660. The van der Waals surface area contributed by atoms with Gasteiger partial charge in [0.2, 0.25) is 23.6 Å². The molecule has 5 aromatic carbocycles. The molecule has 13 nitrogen and oxygen atoms in total. The molecule has 1 saturated heterocycles. The molecule has 1 fully saturated rings. The zero-order valence-electron chi connectivity index (χ0n) is 38.7. The van der Waals surface area contributed by atoms with E-state index in [1.165, 1.54) is 12.0 Å². The second-order valence-electron chi connectivity index (χ2n) is 17.4. The molecule has 352 valence electrons. The first-order valence-corrected chi connectivity index (χ1v) is 23.3. The highest BCUT2D eigenvalue weighted by molar-refractivity contribution is 6.27. The van der Waals surface area contributed by atoms with Crippen LogP contribution in [0.25, 0.3) is 21.9 Å². The van der Waals surface area contributed by atoms with Crippen LogP contribution < -0.4 is 35.6 Å². The number of likely N-dealkylation sites (N-methyl/N-ethyl adjacent to an activating group) is 1. The molecule has 4 N–H and O–H groups in total. The Morgan fingerprint density at radius 1 is 0.791 bits per heavy atom. The van der Waals surface area contributed by atoms with E-state index < -0.39 is 17.8 Å². The van der Waals surface area contributed by atoms with Gasteiger partial charge in [0.05, 0.1) is 25.6 Å². The highest BCUT2D eigenvalue weighted by Gasteiger charge is 2.41. The van der Waals surface area contributed by atoms with Gasteiger partial charge in [0.15, 0.2) is 11.6 Å². The summed E-state index contributed by atoms with van der Waals surface area (Å²) < 4.78 is 26.3. The van der Waals surface area contributed by atoms with Crippen LogP contribution >= 0.6 is 0 Å². The van der Waals surface area contributed by atoms with Gasteiger partial charge in [-0.2, -0.15) is 0 Å². The summed E-state index contributed by atoms with van der Waals surface area (Å²) in [6, 6.07) is 27.2. The summed E-state index contributed by atoms with van der Waals surface area (Å²) in [5, 5.41) is 13.3. The summed E-state index contributed by atoms with van der Waals surface area (Å²) in [7, 11) is 5.06. The molecule has 1 atom stereocenters. The first-order valence-electron chi connectivity index (χ1n) is 23.3. The number of carbonyl (C=O) groups is 5. The average Bonchev–Trinajstić information content (AvgIpc) is 3.61. The van der Waals surface area contributed by atoms with Crippen molar-refractivity contribution in [1.29, 1.82) is 0 Å². The van der Waals surface area contributed by atoms with E-state index in [4.69, 9.17) is 9.47 Å². The second kappa shape index (κ2) is 23.1. The Balaban J connectivity index is 0.715. The number of hydrogen-bond acceptors (Lipinski definition) is 9. The summed E-state index contributed by atoms with van der Waals surface area (Å²) in [5.41, 5.74) is 5.63. The predicted octanol–water partition coefficient (Wildman–Crippen LogP) is 8.94. The molecule has 5 amide bonds. The second-order valence-corrected chi connectivity index (χ2v) is 17.4.